The summed E-state index contributed by atoms with van der Waals surface area (Å²) in [6.45, 7) is 3.77. The number of carbonyl (C=O) groups excluding carboxylic acids is 1. The van der Waals surface area contributed by atoms with Crippen LogP contribution in [0.5, 0.6) is 5.75 Å². The quantitative estimate of drug-likeness (QED) is 0.766. The topological polar surface area (TPSA) is 39.4 Å². The second-order valence-electron chi connectivity index (χ2n) is 3.72. The van der Waals surface area contributed by atoms with Gasteiger partial charge in [0.1, 0.15) is 0 Å². The Kier molecular flexibility index (Phi) is 2.88. The fourth-order valence-corrected chi connectivity index (χ4v) is 1.80. The van der Waals surface area contributed by atoms with Crippen molar-refractivity contribution in [3.63, 3.8) is 0 Å². The van der Waals surface area contributed by atoms with Crippen LogP contribution >= 0.6 is 11.6 Å². The molecule has 16 heavy (non-hydrogen) atoms. The van der Waals surface area contributed by atoms with Crippen LogP contribution in [0.4, 0.5) is 0 Å². The normalized spacial score (nSPS) is 11.0. The Bertz CT molecular complexity index is 528. The molecule has 0 atom stereocenters. The number of hydrogen-bond donors (Lipinski definition) is 0. The van der Waals surface area contributed by atoms with Crippen molar-refractivity contribution in [2.24, 2.45) is 0 Å². The molecule has 2 aromatic rings. The summed E-state index contributed by atoms with van der Waals surface area (Å²) in [6.07, 6.45) is 2.21. The van der Waals surface area contributed by atoms with Gasteiger partial charge in [-0.05, 0) is 26.0 Å². The Morgan fingerprint density at radius 2 is 2.25 bits per heavy atom. The Hall–Kier alpha value is -1.48. The molecule has 0 aliphatic carbocycles. The van der Waals surface area contributed by atoms with Crippen molar-refractivity contribution in [1.29, 1.82) is 0 Å². The molecule has 4 heteroatoms. The van der Waals surface area contributed by atoms with E-state index in [4.69, 9.17) is 20.8 Å². The van der Waals surface area contributed by atoms with E-state index in [9.17, 15) is 4.79 Å². The summed E-state index contributed by atoms with van der Waals surface area (Å²) in [4.78, 5) is 10.9. The molecule has 0 saturated carbocycles. The summed E-state index contributed by atoms with van der Waals surface area (Å²) < 4.78 is 10.9. The minimum absolute atomic E-state index is 0.0341. The Morgan fingerprint density at radius 3 is 2.88 bits per heavy atom. The Labute approximate surface area is 97.9 Å². The van der Waals surface area contributed by atoms with E-state index in [0.717, 1.165) is 5.39 Å². The SMILES string of the molecule is CC(C)Oc1c(C=O)cc(Cl)c2ccoc12. The average molecular weight is 239 g/mol. The van der Waals surface area contributed by atoms with Crippen LogP contribution in [0.25, 0.3) is 11.0 Å². The number of halogens is 1. The van der Waals surface area contributed by atoms with E-state index in [2.05, 4.69) is 0 Å². The molecule has 3 nitrogen and oxygen atoms in total. The number of carbonyl (C=O) groups is 1. The highest BCUT2D eigenvalue weighted by atomic mass is 35.5. The first-order chi connectivity index (χ1) is 7.63. The summed E-state index contributed by atoms with van der Waals surface area (Å²) >= 11 is 6.02. The van der Waals surface area contributed by atoms with E-state index in [-0.39, 0.29) is 6.10 Å². The molecule has 0 N–H and O–H groups in total. The molecule has 0 fully saturated rings. The van der Waals surface area contributed by atoms with E-state index in [1.165, 1.54) is 6.26 Å². The molecule has 0 aliphatic rings. The minimum Gasteiger partial charge on any atom is -0.486 e. The van der Waals surface area contributed by atoms with Crippen LogP contribution in [0.3, 0.4) is 0 Å². The van der Waals surface area contributed by atoms with Crippen LogP contribution in [0.2, 0.25) is 5.02 Å². The molecule has 84 valence electrons. The van der Waals surface area contributed by atoms with Crippen LogP contribution in [-0.2, 0) is 0 Å². The molecule has 1 heterocycles. The van der Waals surface area contributed by atoms with Gasteiger partial charge in [0.2, 0.25) is 0 Å². The zero-order chi connectivity index (χ0) is 11.7. The van der Waals surface area contributed by atoms with Crippen molar-refractivity contribution in [3.05, 3.63) is 29.0 Å². The van der Waals surface area contributed by atoms with Gasteiger partial charge in [-0.1, -0.05) is 11.6 Å². The largest absolute Gasteiger partial charge is 0.486 e. The maximum atomic E-state index is 10.9. The molecule has 0 radical (unpaired) electrons. The van der Waals surface area contributed by atoms with Gasteiger partial charge in [0.25, 0.3) is 0 Å². The molecule has 0 spiro atoms. The molecular formula is C12H11ClO3. The highest BCUT2D eigenvalue weighted by Crippen LogP contribution is 2.35. The third kappa shape index (κ3) is 1.78. The Morgan fingerprint density at radius 1 is 1.50 bits per heavy atom. The molecule has 0 bridgehead atoms. The first-order valence-corrected chi connectivity index (χ1v) is 5.33. The van der Waals surface area contributed by atoms with Gasteiger partial charge in [0.05, 0.1) is 23.0 Å². The fourth-order valence-electron chi connectivity index (χ4n) is 1.53. The van der Waals surface area contributed by atoms with Gasteiger partial charge in [-0.3, -0.25) is 4.79 Å². The lowest BCUT2D eigenvalue weighted by atomic mass is 10.1. The summed E-state index contributed by atoms with van der Waals surface area (Å²) in [5, 5.41) is 1.24. The second-order valence-corrected chi connectivity index (χ2v) is 4.13. The van der Waals surface area contributed by atoms with E-state index < -0.39 is 0 Å². The molecular weight excluding hydrogens is 228 g/mol. The molecule has 0 amide bonds. The lowest BCUT2D eigenvalue weighted by molar-refractivity contribution is 0.111. The van der Waals surface area contributed by atoms with E-state index in [1.807, 2.05) is 13.8 Å². The van der Waals surface area contributed by atoms with Crippen LogP contribution in [0.1, 0.15) is 24.2 Å². The predicted molar refractivity (Wildman–Crippen MR) is 62.4 cm³/mol. The highest BCUT2D eigenvalue weighted by molar-refractivity contribution is 6.36. The molecule has 0 aliphatic heterocycles. The van der Waals surface area contributed by atoms with Gasteiger partial charge in [0, 0.05) is 5.39 Å². The maximum absolute atomic E-state index is 10.9. The molecule has 1 aromatic heterocycles. The summed E-state index contributed by atoms with van der Waals surface area (Å²) in [7, 11) is 0. The number of ether oxygens (including phenoxy) is 1. The van der Waals surface area contributed by atoms with Crippen LogP contribution in [0, 0.1) is 0 Å². The van der Waals surface area contributed by atoms with Gasteiger partial charge in [-0.15, -0.1) is 0 Å². The fraction of sp³-hybridized carbons (Fsp3) is 0.250. The predicted octanol–water partition coefficient (Wildman–Crippen LogP) is 3.69. The van der Waals surface area contributed by atoms with Gasteiger partial charge < -0.3 is 9.15 Å². The third-order valence-corrected chi connectivity index (χ3v) is 2.47. The molecule has 2 rings (SSSR count). The standard InChI is InChI=1S/C12H11ClO3/c1-7(2)16-11-8(6-14)5-10(13)9-3-4-15-12(9)11/h3-7H,1-2H3. The number of aldehydes is 1. The van der Waals surface area contributed by atoms with Crippen molar-refractivity contribution in [2.75, 3.05) is 0 Å². The van der Waals surface area contributed by atoms with Crippen LogP contribution in [-0.4, -0.2) is 12.4 Å². The van der Waals surface area contributed by atoms with E-state index in [1.54, 1.807) is 12.1 Å². The number of benzene rings is 1. The first kappa shape index (κ1) is 11.0. The number of furan rings is 1. The van der Waals surface area contributed by atoms with Crippen molar-refractivity contribution < 1.29 is 13.9 Å². The van der Waals surface area contributed by atoms with E-state index in [0.29, 0.717) is 28.2 Å². The lowest BCUT2D eigenvalue weighted by Gasteiger charge is -2.12. The van der Waals surface area contributed by atoms with Crippen molar-refractivity contribution in [1.82, 2.24) is 0 Å². The lowest BCUT2D eigenvalue weighted by Crippen LogP contribution is -2.07. The summed E-state index contributed by atoms with van der Waals surface area (Å²) in [5.74, 6) is 0.453. The maximum Gasteiger partial charge on any atom is 0.177 e. The minimum atomic E-state index is -0.0341. The van der Waals surface area contributed by atoms with Crippen molar-refractivity contribution in [3.8, 4) is 5.75 Å². The van der Waals surface area contributed by atoms with Crippen molar-refractivity contribution in [2.45, 2.75) is 20.0 Å². The number of rotatable bonds is 3. The van der Waals surface area contributed by atoms with Gasteiger partial charge in [-0.25, -0.2) is 0 Å². The first-order valence-electron chi connectivity index (χ1n) is 4.95. The molecule has 1 aromatic carbocycles. The Balaban J connectivity index is 2.71. The third-order valence-electron chi connectivity index (χ3n) is 2.15. The highest BCUT2D eigenvalue weighted by Gasteiger charge is 2.15. The van der Waals surface area contributed by atoms with Crippen LogP contribution < -0.4 is 4.74 Å². The van der Waals surface area contributed by atoms with Gasteiger partial charge in [0.15, 0.2) is 17.6 Å². The zero-order valence-corrected chi connectivity index (χ0v) is 9.75. The smallest absolute Gasteiger partial charge is 0.177 e. The number of hydrogen-bond acceptors (Lipinski definition) is 3. The number of fused-ring (bicyclic) bond motifs is 1. The van der Waals surface area contributed by atoms with Crippen LogP contribution in [0.15, 0.2) is 22.8 Å². The van der Waals surface area contributed by atoms with Gasteiger partial charge in [-0.2, -0.15) is 0 Å². The zero-order valence-electron chi connectivity index (χ0n) is 8.99. The van der Waals surface area contributed by atoms with Crippen molar-refractivity contribution >= 4 is 28.9 Å². The monoisotopic (exact) mass is 238 g/mol. The second kappa shape index (κ2) is 4.18. The molecule has 0 unspecified atom stereocenters. The van der Waals surface area contributed by atoms with Gasteiger partial charge >= 0.3 is 0 Å². The summed E-state index contributed by atoms with van der Waals surface area (Å²) in [5.41, 5.74) is 0.921. The summed E-state index contributed by atoms with van der Waals surface area (Å²) in [6, 6.07) is 3.34. The average Bonchev–Trinajstić information content (AvgIpc) is 2.70. The van der Waals surface area contributed by atoms with E-state index >= 15 is 0 Å². The molecule has 0 saturated heterocycles.